The van der Waals surface area contributed by atoms with E-state index >= 15 is 0 Å². The molecule has 1 aliphatic heterocycles. The standard InChI is InChI=1S/C14H21NO/c1-2-6-13(7-3-1)8-5-11-16-12-14-9-4-10-15-14/h1-3,6-7,14-15H,4-5,8-12H2/t14-/m1/s1. The SMILES string of the molecule is c1ccc(CCCOC[C@H]2CCCN2)cc1. The van der Waals surface area contributed by atoms with Crippen LogP contribution in [0.1, 0.15) is 24.8 Å². The van der Waals surface area contributed by atoms with Gasteiger partial charge in [0.05, 0.1) is 6.61 Å². The number of hydrogen-bond acceptors (Lipinski definition) is 2. The van der Waals surface area contributed by atoms with Gasteiger partial charge in [-0.3, -0.25) is 0 Å². The van der Waals surface area contributed by atoms with Gasteiger partial charge in [0.1, 0.15) is 0 Å². The van der Waals surface area contributed by atoms with Crippen LogP contribution in [0.2, 0.25) is 0 Å². The third kappa shape index (κ3) is 3.95. The number of aryl methyl sites for hydroxylation is 1. The summed E-state index contributed by atoms with van der Waals surface area (Å²) in [5.74, 6) is 0. The topological polar surface area (TPSA) is 21.3 Å². The van der Waals surface area contributed by atoms with Gasteiger partial charge in [-0.1, -0.05) is 30.3 Å². The third-order valence-electron chi connectivity index (χ3n) is 3.08. The monoisotopic (exact) mass is 219 g/mol. The van der Waals surface area contributed by atoms with E-state index in [-0.39, 0.29) is 0 Å². The molecular weight excluding hydrogens is 198 g/mol. The Kier molecular flexibility index (Phi) is 4.84. The van der Waals surface area contributed by atoms with Gasteiger partial charge in [-0.15, -0.1) is 0 Å². The van der Waals surface area contributed by atoms with Crippen molar-refractivity contribution >= 4 is 0 Å². The van der Waals surface area contributed by atoms with Crippen LogP contribution in [-0.4, -0.2) is 25.8 Å². The molecule has 88 valence electrons. The summed E-state index contributed by atoms with van der Waals surface area (Å²) in [4.78, 5) is 0. The van der Waals surface area contributed by atoms with Crippen molar-refractivity contribution in [2.24, 2.45) is 0 Å². The van der Waals surface area contributed by atoms with Gasteiger partial charge in [0.25, 0.3) is 0 Å². The minimum Gasteiger partial charge on any atom is -0.380 e. The molecule has 2 rings (SSSR count). The van der Waals surface area contributed by atoms with Gasteiger partial charge in [-0.05, 0) is 37.8 Å². The molecule has 2 heteroatoms. The molecule has 0 bridgehead atoms. The molecule has 1 aromatic carbocycles. The molecule has 2 nitrogen and oxygen atoms in total. The number of benzene rings is 1. The predicted octanol–water partition coefficient (Wildman–Crippen LogP) is 2.39. The van der Waals surface area contributed by atoms with Crippen molar-refractivity contribution in [3.63, 3.8) is 0 Å². The van der Waals surface area contributed by atoms with Crippen molar-refractivity contribution in [3.8, 4) is 0 Å². The summed E-state index contributed by atoms with van der Waals surface area (Å²) >= 11 is 0. The van der Waals surface area contributed by atoms with Crippen LogP contribution in [0.4, 0.5) is 0 Å². The molecule has 1 aliphatic rings. The highest BCUT2D eigenvalue weighted by atomic mass is 16.5. The van der Waals surface area contributed by atoms with Gasteiger partial charge in [0, 0.05) is 12.6 Å². The Bertz CT molecular complexity index is 280. The van der Waals surface area contributed by atoms with E-state index in [9.17, 15) is 0 Å². The summed E-state index contributed by atoms with van der Waals surface area (Å²) in [6, 6.07) is 11.2. The molecule has 0 unspecified atom stereocenters. The van der Waals surface area contributed by atoms with Crippen molar-refractivity contribution in [2.45, 2.75) is 31.7 Å². The van der Waals surface area contributed by atoms with Crippen molar-refractivity contribution in [3.05, 3.63) is 35.9 Å². The minimum atomic E-state index is 0.608. The smallest absolute Gasteiger partial charge is 0.0619 e. The van der Waals surface area contributed by atoms with E-state index in [2.05, 4.69) is 35.6 Å². The van der Waals surface area contributed by atoms with Crippen LogP contribution in [0, 0.1) is 0 Å². The summed E-state index contributed by atoms with van der Waals surface area (Å²) in [6.45, 7) is 2.93. The Morgan fingerprint density at radius 1 is 1.25 bits per heavy atom. The summed E-state index contributed by atoms with van der Waals surface area (Å²) in [5, 5.41) is 3.44. The van der Waals surface area contributed by atoms with Gasteiger partial charge >= 0.3 is 0 Å². The lowest BCUT2D eigenvalue weighted by Gasteiger charge is -2.10. The average Bonchev–Trinajstić information content (AvgIpc) is 2.83. The zero-order chi connectivity index (χ0) is 11.1. The highest BCUT2D eigenvalue weighted by molar-refractivity contribution is 5.14. The van der Waals surface area contributed by atoms with Crippen LogP contribution < -0.4 is 5.32 Å². The molecule has 1 fully saturated rings. The quantitative estimate of drug-likeness (QED) is 0.742. The van der Waals surface area contributed by atoms with E-state index in [1.54, 1.807) is 0 Å². The molecule has 0 radical (unpaired) electrons. The molecule has 1 aromatic rings. The summed E-state index contributed by atoms with van der Waals surface area (Å²) in [5.41, 5.74) is 1.41. The van der Waals surface area contributed by atoms with Crippen molar-refractivity contribution in [1.29, 1.82) is 0 Å². The van der Waals surface area contributed by atoms with Gasteiger partial charge in [0.15, 0.2) is 0 Å². The molecule has 1 heterocycles. The average molecular weight is 219 g/mol. The molecule has 0 spiro atoms. The highest BCUT2D eigenvalue weighted by Crippen LogP contribution is 2.06. The molecule has 0 aliphatic carbocycles. The Labute approximate surface area is 98.0 Å². The van der Waals surface area contributed by atoms with E-state index < -0.39 is 0 Å². The van der Waals surface area contributed by atoms with Crippen molar-refractivity contribution < 1.29 is 4.74 Å². The second-order valence-electron chi connectivity index (χ2n) is 4.46. The molecule has 0 saturated carbocycles. The zero-order valence-electron chi connectivity index (χ0n) is 9.82. The van der Waals surface area contributed by atoms with Gasteiger partial charge < -0.3 is 10.1 Å². The minimum absolute atomic E-state index is 0.608. The van der Waals surface area contributed by atoms with Crippen LogP contribution in [0.15, 0.2) is 30.3 Å². The van der Waals surface area contributed by atoms with E-state index in [1.165, 1.54) is 18.4 Å². The fourth-order valence-electron chi connectivity index (χ4n) is 2.15. The van der Waals surface area contributed by atoms with E-state index in [0.717, 1.165) is 32.6 Å². The second-order valence-corrected chi connectivity index (χ2v) is 4.46. The first kappa shape index (κ1) is 11.6. The molecule has 1 atom stereocenters. The number of nitrogens with one attached hydrogen (secondary N) is 1. The Hall–Kier alpha value is -0.860. The molecular formula is C14H21NO. The van der Waals surface area contributed by atoms with Gasteiger partial charge in [-0.2, -0.15) is 0 Å². The maximum Gasteiger partial charge on any atom is 0.0619 e. The third-order valence-corrected chi connectivity index (χ3v) is 3.08. The van der Waals surface area contributed by atoms with Crippen LogP contribution >= 0.6 is 0 Å². The second kappa shape index (κ2) is 6.66. The highest BCUT2D eigenvalue weighted by Gasteiger charge is 2.13. The zero-order valence-corrected chi connectivity index (χ0v) is 9.82. The maximum absolute atomic E-state index is 5.68. The Morgan fingerprint density at radius 3 is 2.88 bits per heavy atom. The van der Waals surface area contributed by atoms with Crippen LogP contribution in [-0.2, 0) is 11.2 Å². The largest absolute Gasteiger partial charge is 0.380 e. The Morgan fingerprint density at radius 2 is 2.12 bits per heavy atom. The molecule has 1 saturated heterocycles. The summed E-state index contributed by atoms with van der Waals surface area (Å²) in [6.07, 6.45) is 4.83. The van der Waals surface area contributed by atoms with Crippen molar-refractivity contribution in [2.75, 3.05) is 19.8 Å². The molecule has 0 amide bonds. The first-order chi connectivity index (χ1) is 7.95. The van der Waals surface area contributed by atoms with Gasteiger partial charge in [0.2, 0.25) is 0 Å². The Balaban J connectivity index is 1.52. The van der Waals surface area contributed by atoms with Gasteiger partial charge in [-0.25, -0.2) is 0 Å². The first-order valence-corrected chi connectivity index (χ1v) is 6.30. The summed E-state index contributed by atoms with van der Waals surface area (Å²) < 4.78 is 5.68. The lowest BCUT2D eigenvalue weighted by Crippen LogP contribution is -2.26. The van der Waals surface area contributed by atoms with Crippen LogP contribution in [0.5, 0.6) is 0 Å². The number of rotatable bonds is 6. The van der Waals surface area contributed by atoms with Crippen LogP contribution in [0.25, 0.3) is 0 Å². The fourth-order valence-corrected chi connectivity index (χ4v) is 2.15. The normalized spacial score (nSPS) is 20.1. The van der Waals surface area contributed by atoms with E-state index in [1.807, 2.05) is 0 Å². The molecule has 0 aromatic heterocycles. The molecule has 1 N–H and O–H groups in total. The van der Waals surface area contributed by atoms with Crippen LogP contribution in [0.3, 0.4) is 0 Å². The fraction of sp³-hybridized carbons (Fsp3) is 0.571. The first-order valence-electron chi connectivity index (χ1n) is 6.30. The lowest BCUT2D eigenvalue weighted by atomic mass is 10.1. The predicted molar refractivity (Wildman–Crippen MR) is 66.6 cm³/mol. The number of ether oxygens (including phenoxy) is 1. The maximum atomic E-state index is 5.68. The lowest BCUT2D eigenvalue weighted by molar-refractivity contribution is 0.114. The van der Waals surface area contributed by atoms with E-state index in [0.29, 0.717) is 6.04 Å². The summed E-state index contributed by atoms with van der Waals surface area (Å²) in [7, 11) is 0. The van der Waals surface area contributed by atoms with Crippen molar-refractivity contribution in [1.82, 2.24) is 5.32 Å². The van der Waals surface area contributed by atoms with E-state index in [4.69, 9.17) is 4.74 Å². The number of hydrogen-bond donors (Lipinski definition) is 1. The molecule has 16 heavy (non-hydrogen) atoms.